The lowest BCUT2D eigenvalue weighted by Gasteiger charge is -2.32. The second-order valence-electron chi connectivity index (χ2n) is 7.75. The molecule has 0 aliphatic carbocycles. The molecule has 0 aromatic heterocycles. The third-order valence-corrected chi connectivity index (χ3v) is 7.27. The molecule has 0 unspecified atom stereocenters. The Kier molecular flexibility index (Phi) is 11.3. The summed E-state index contributed by atoms with van der Waals surface area (Å²) in [6, 6.07) is 11.2. The normalized spacial score (nSPS) is 14.5. The molecule has 3 N–H and O–H groups in total. The number of carboxylic acids is 1. The third-order valence-electron chi connectivity index (χ3n) is 5.12. The number of ether oxygens (including phenoxy) is 1. The number of benzene rings is 2. The van der Waals surface area contributed by atoms with Crippen molar-refractivity contribution in [3.63, 3.8) is 0 Å². The van der Waals surface area contributed by atoms with Crippen LogP contribution in [-0.4, -0.2) is 69.6 Å². The number of aliphatic carboxylic acids is 1. The SMILES string of the molecule is CC(=O)O.CNS(=O)(=O)c1cccc(C(=O)NCCN2CCC(Oc3ccc(Cl)c(Cl)c3)CC2)c1. The number of halogens is 2. The summed E-state index contributed by atoms with van der Waals surface area (Å²) in [6.45, 7) is 3.98. The molecule has 0 spiro atoms. The molecule has 2 aromatic carbocycles. The summed E-state index contributed by atoms with van der Waals surface area (Å²) in [5.41, 5.74) is 0.310. The molecule has 0 saturated carbocycles. The van der Waals surface area contributed by atoms with Gasteiger partial charge in [-0.15, -0.1) is 0 Å². The van der Waals surface area contributed by atoms with Gasteiger partial charge in [-0.25, -0.2) is 13.1 Å². The number of likely N-dealkylation sites (tertiary alicyclic amines) is 1. The number of piperidine rings is 1. The van der Waals surface area contributed by atoms with Crippen molar-refractivity contribution in [1.29, 1.82) is 0 Å². The molecule has 1 heterocycles. The number of nitrogens with one attached hydrogen (secondary N) is 2. The highest BCUT2D eigenvalue weighted by atomic mass is 35.5. The predicted molar refractivity (Wildman–Crippen MR) is 135 cm³/mol. The first-order valence-electron chi connectivity index (χ1n) is 10.9. The van der Waals surface area contributed by atoms with Crippen molar-refractivity contribution >= 4 is 45.1 Å². The number of rotatable bonds is 8. The van der Waals surface area contributed by atoms with Gasteiger partial charge in [0.2, 0.25) is 10.0 Å². The van der Waals surface area contributed by atoms with Crippen LogP contribution in [0.15, 0.2) is 47.4 Å². The first kappa shape index (κ1) is 28.9. The van der Waals surface area contributed by atoms with Gasteiger partial charge in [-0.1, -0.05) is 29.3 Å². The smallest absolute Gasteiger partial charge is 0.300 e. The highest BCUT2D eigenvalue weighted by Crippen LogP contribution is 2.28. The van der Waals surface area contributed by atoms with E-state index in [1.807, 2.05) is 6.07 Å². The number of amides is 1. The summed E-state index contributed by atoms with van der Waals surface area (Å²) in [5, 5.41) is 11.2. The molecule has 12 heteroatoms. The second-order valence-corrected chi connectivity index (χ2v) is 10.4. The first-order valence-corrected chi connectivity index (χ1v) is 13.1. The largest absolute Gasteiger partial charge is 0.490 e. The van der Waals surface area contributed by atoms with Gasteiger partial charge in [-0.3, -0.25) is 9.59 Å². The molecule has 1 saturated heterocycles. The van der Waals surface area contributed by atoms with E-state index in [4.69, 9.17) is 37.8 Å². The monoisotopic (exact) mass is 545 g/mol. The van der Waals surface area contributed by atoms with Gasteiger partial charge >= 0.3 is 0 Å². The molecule has 1 aliphatic heterocycles. The van der Waals surface area contributed by atoms with Crippen molar-refractivity contribution in [2.75, 3.05) is 33.2 Å². The first-order chi connectivity index (χ1) is 16.5. The van der Waals surface area contributed by atoms with Crippen LogP contribution in [-0.2, 0) is 14.8 Å². The number of sulfonamides is 1. The Balaban J connectivity index is 0.00000100. The van der Waals surface area contributed by atoms with Crippen molar-refractivity contribution in [1.82, 2.24) is 14.9 Å². The molecular weight excluding hydrogens is 517 g/mol. The van der Waals surface area contributed by atoms with Crippen LogP contribution in [0.5, 0.6) is 5.75 Å². The minimum absolute atomic E-state index is 0.0618. The van der Waals surface area contributed by atoms with Crippen LogP contribution in [0.3, 0.4) is 0 Å². The molecule has 192 valence electrons. The lowest BCUT2D eigenvalue weighted by molar-refractivity contribution is -0.134. The number of carbonyl (C=O) groups excluding carboxylic acids is 1. The average Bonchev–Trinajstić information content (AvgIpc) is 2.82. The molecule has 0 radical (unpaired) electrons. The molecule has 2 aromatic rings. The van der Waals surface area contributed by atoms with Gasteiger partial charge in [0.15, 0.2) is 0 Å². The summed E-state index contributed by atoms with van der Waals surface area (Å²) in [7, 11) is -2.25. The number of carbonyl (C=O) groups is 2. The highest BCUT2D eigenvalue weighted by Gasteiger charge is 2.21. The Bertz CT molecular complexity index is 1120. The zero-order chi connectivity index (χ0) is 26.0. The molecule has 9 nitrogen and oxygen atoms in total. The minimum Gasteiger partial charge on any atom is -0.490 e. The molecule has 3 rings (SSSR count). The predicted octanol–water partition coefficient (Wildman–Crippen LogP) is 3.27. The third kappa shape index (κ3) is 9.65. The van der Waals surface area contributed by atoms with Gasteiger partial charge in [-0.2, -0.15) is 0 Å². The maximum Gasteiger partial charge on any atom is 0.300 e. The van der Waals surface area contributed by atoms with Crippen LogP contribution >= 0.6 is 23.2 Å². The zero-order valence-corrected chi connectivity index (χ0v) is 21.8. The molecule has 1 amide bonds. The summed E-state index contributed by atoms with van der Waals surface area (Å²) in [4.78, 5) is 23.7. The van der Waals surface area contributed by atoms with Gasteiger partial charge in [0, 0.05) is 44.7 Å². The van der Waals surface area contributed by atoms with E-state index in [9.17, 15) is 13.2 Å². The summed E-state index contributed by atoms with van der Waals surface area (Å²) < 4.78 is 32.0. The van der Waals surface area contributed by atoms with E-state index in [0.717, 1.165) is 32.9 Å². The molecule has 35 heavy (non-hydrogen) atoms. The van der Waals surface area contributed by atoms with Crippen molar-refractivity contribution in [2.24, 2.45) is 0 Å². The molecule has 1 aliphatic rings. The highest BCUT2D eigenvalue weighted by molar-refractivity contribution is 7.89. The topological polar surface area (TPSA) is 125 Å². The van der Waals surface area contributed by atoms with E-state index in [0.29, 0.717) is 34.4 Å². The van der Waals surface area contributed by atoms with Crippen molar-refractivity contribution in [2.45, 2.75) is 30.8 Å². The van der Waals surface area contributed by atoms with Crippen LogP contribution < -0.4 is 14.8 Å². The zero-order valence-electron chi connectivity index (χ0n) is 19.5. The summed E-state index contributed by atoms with van der Waals surface area (Å²) in [6.07, 6.45) is 1.86. The maximum atomic E-state index is 12.4. The van der Waals surface area contributed by atoms with Gasteiger partial charge in [0.05, 0.1) is 14.9 Å². The number of nitrogens with zero attached hydrogens (tertiary/aromatic N) is 1. The lowest BCUT2D eigenvalue weighted by atomic mass is 10.1. The van der Waals surface area contributed by atoms with E-state index in [1.165, 1.54) is 19.2 Å². The molecular formula is C23H29Cl2N3O6S. The van der Waals surface area contributed by atoms with Crippen LogP contribution in [0.1, 0.15) is 30.1 Å². The van der Waals surface area contributed by atoms with Crippen molar-refractivity contribution in [3.8, 4) is 5.75 Å². The number of carboxylic acid groups (broad SMARTS) is 1. The standard InChI is InChI=1S/C21H25Cl2N3O4S.C2H4O2/c1-24-31(28,29)18-4-2-3-15(13-18)21(27)25-9-12-26-10-7-16(8-11-26)30-17-5-6-19(22)20(23)14-17;1-2(3)4/h2-6,13-14,16,24H,7-12H2,1H3,(H,25,27);1H3,(H,3,4). The van der Waals surface area contributed by atoms with Gasteiger partial charge in [0.1, 0.15) is 11.9 Å². The van der Waals surface area contributed by atoms with E-state index in [1.54, 1.807) is 24.3 Å². The minimum atomic E-state index is -3.59. The van der Waals surface area contributed by atoms with Crippen LogP contribution in [0.2, 0.25) is 10.0 Å². The van der Waals surface area contributed by atoms with E-state index in [-0.39, 0.29) is 16.9 Å². The Morgan fingerprint density at radius 2 is 1.77 bits per heavy atom. The fourth-order valence-corrected chi connectivity index (χ4v) is 4.41. The van der Waals surface area contributed by atoms with Crippen LogP contribution in [0.4, 0.5) is 0 Å². The van der Waals surface area contributed by atoms with Crippen LogP contribution in [0.25, 0.3) is 0 Å². The average molecular weight is 546 g/mol. The second kappa shape index (κ2) is 13.6. The van der Waals surface area contributed by atoms with E-state index in [2.05, 4.69) is 14.9 Å². The Morgan fingerprint density at radius 1 is 1.11 bits per heavy atom. The maximum absolute atomic E-state index is 12.4. The lowest BCUT2D eigenvalue weighted by Crippen LogP contribution is -2.42. The van der Waals surface area contributed by atoms with Gasteiger partial charge in [0.25, 0.3) is 11.9 Å². The summed E-state index contributed by atoms with van der Waals surface area (Å²) >= 11 is 12.0. The molecule has 1 fully saturated rings. The van der Waals surface area contributed by atoms with E-state index >= 15 is 0 Å². The van der Waals surface area contributed by atoms with Gasteiger partial charge < -0.3 is 20.1 Å². The van der Waals surface area contributed by atoms with Crippen molar-refractivity contribution in [3.05, 3.63) is 58.1 Å². The number of hydrogen-bond donors (Lipinski definition) is 3. The Labute approximate surface area is 215 Å². The molecule has 0 bridgehead atoms. The van der Waals surface area contributed by atoms with Crippen molar-refractivity contribution < 1.29 is 27.9 Å². The quantitative estimate of drug-likeness (QED) is 0.464. The van der Waals surface area contributed by atoms with E-state index < -0.39 is 16.0 Å². The fourth-order valence-electron chi connectivity index (χ4n) is 3.35. The fraction of sp³-hybridized carbons (Fsp3) is 0.391. The van der Waals surface area contributed by atoms with Gasteiger partial charge in [-0.05, 0) is 50.2 Å². The number of hydrogen-bond acceptors (Lipinski definition) is 6. The Morgan fingerprint density at radius 3 is 2.37 bits per heavy atom. The molecule has 0 atom stereocenters. The summed E-state index contributed by atoms with van der Waals surface area (Å²) in [5.74, 6) is -0.423. The Hall–Kier alpha value is -2.37. The van der Waals surface area contributed by atoms with Crippen LogP contribution in [0, 0.1) is 0 Å².